The average molecular weight is 413 g/mol. The standard InChI is InChI=1S/C28H32N2O/c1-27(2,3)21-17-15-20(16-18-21)26(31)30-25-14-10-9-13-23(25)24(19-28(30,4)5)29-22-11-7-6-8-12-22/h6-18,24,29H,19H2,1-5H3. The average Bonchev–Trinajstić information content (AvgIpc) is 2.73. The van der Waals surface area contributed by atoms with Gasteiger partial charge in [0.25, 0.3) is 5.91 Å². The van der Waals surface area contributed by atoms with Gasteiger partial charge in [0.05, 0.1) is 6.04 Å². The van der Waals surface area contributed by atoms with E-state index in [4.69, 9.17) is 0 Å². The van der Waals surface area contributed by atoms with E-state index >= 15 is 0 Å². The molecule has 0 saturated carbocycles. The van der Waals surface area contributed by atoms with Crippen LogP contribution in [0, 0.1) is 0 Å². The predicted octanol–water partition coefficient (Wildman–Crippen LogP) is 6.97. The summed E-state index contributed by atoms with van der Waals surface area (Å²) in [6.45, 7) is 10.9. The van der Waals surface area contributed by atoms with E-state index in [-0.39, 0.29) is 22.9 Å². The Bertz CT molecular complexity index is 1060. The van der Waals surface area contributed by atoms with Gasteiger partial charge >= 0.3 is 0 Å². The molecule has 1 amide bonds. The molecule has 0 aliphatic carbocycles. The van der Waals surface area contributed by atoms with Crippen molar-refractivity contribution in [3.05, 3.63) is 95.6 Å². The summed E-state index contributed by atoms with van der Waals surface area (Å²) in [6.07, 6.45) is 0.824. The van der Waals surface area contributed by atoms with Crippen LogP contribution in [0.15, 0.2) is 78.9 Å². The minimum Gasteiger partial charge on any atom is -0.378 e. The Hall–Kier alpha value is -3.07. The van der Waals surface area contributed by atoms with Crippen molar-refractivity contribution in [2.45, 2.75) is 58.0 Å². The second-order valence-electron chi connectivity index (χ2n) is 10.1. The maximum Gasteiger partial charge on any atom is 0.258 e. The Morgan fingerprint density at radius 2 is 1.52 bits per heavy atom. The van der Waals surface area contributed by atoms with E-state index in [0.717, 1.165) is 28.9 Å². The van der Waals surface area contributed by atoms with Gasteiger partial charge in [-0.3, -0.25) is 4.79 Å². The van der Waals surface area contributed by atoms with Crippen molar-refractivity contribution in [3.8, 4) is 0 Å². The first-order chi connectivity index (χ1) is 14.7. The Kier molecular flexibility index (Phi) is 5.38. The molecule has 1 N–H and O–H groups in total. The number of anilines is 2. The maximum atomic E-state index is 13.7. The molecule has 1 aliphatic rings. The summed E-state index contributed by atoms with van der Waals surface area (Å²) >= 11 is 0. The number of rotatable bonds is 3. The van der Waals surface area contributed by atoms with Crippen molar-refractivity contribution in [2.75, 3.05) is 10.2 Å². The lowest BCUT2D eigenvalue weighted by atomic mass is 9.82. The van der Waals surface area contributed by atoms with Gasteiger partial charge in [-0.2, -0.15) is 0 Å². The van der Waals surface area contributed by atoms with Gasteiger partial charge in [0.15, 0.2) is 0 Å². The van der Waals surface area contributed by atoms with E-state index in [0.29, 0.717) is 0 Å². The molecule has 1 unspecified atom stereocenters. The van der Waals surface area contributed by atoms with Gasteiger partial charge in [0.1, 0.15) is 0 Å². The number of fused-ring (bicyclic) bond motifs is 1. The molecule has 1 atom stereocenters. The van der Waals surface area contributed by atoms with E-state index in [1.807, 2.05) is 41.3 Å². The first-order valence-corrected chi connectivity index (χ1v) is 11.0. The molecule has 31 heavy (non-hydrogen) atoms. The summed E-state index contributed by atoms with van der Waals surface area (Å²) in [5, 5.41) is 3.68. The normalized spacial score (nSPS) is 17.7. The van der Waals surface area contributed by atoms with Crippen LogP contribution >= 0.6 is 0 Å². The molecule has 1 heterocycles. The Morgan fingerprint density at radius 3 is 2.16 bits per heavy atom. The van der Waals surface area contributed by atoms with Crippen LogP contribution in [0.3, 0.4) is 0 Å². The van der Waals surface area contributed by atoms with Crippen molar-refractivity contribution in [2.24, 2.45) is 0 Å². The van der Waals surface area contributed by atoms with Crippen LogP contribution < -0.4 is 10.2 Å². The zero-order valence-electron chi connectivity index (χ0n) is 19.1. The highest BCUT2D eigenvalue weighted by Gasteiger charge is 2.41. The fourth-order valence-electron chi connectivity index (χ4n) is 4.50. The Balaban J connectivity index is 1.70. The van der Waals surface area contributed by atoms with Crippen LogP contribution in [-0.4, -0.2) is 11.4 Å². The third-order valence-corrected chi connectivity index (χ3v) is 6.18. The summed E-state index contributed by atoms with van der Waals surface area (Å²) in [5.74, 6) is 0.0519. The molecule has 0 aromatic heterocycles. The van der Waals surface area contributed by atoms with Crippen LogP contribution in [0.5, 0.6) is 0 Å². The van der Waals surface area contributed by atoms with Gasteiger partial charge in [-0.05, 0) is 67.1 Å². The minimum atomic E-state index is -0.333. The summed E-state index contributed by atoms with van der Waals surface area (Å²) in [5.41, 5.74) is 4.92. The number of hydrogen-bond donors (Lipinski definition) is 1. The van der Waals surface area contributed by atoms with Crippen LogP contribution in [-0.2, 0) is 5.41 Å². The van der Waals surface area contributed by atoms with Crippen LogP contribution in [0.25, 0.3) is 0 Å². The first-order valence-electron chi connectivity index (χ1n) is 11.0. The highest BCUT2D eigenvalue weighted by molar-refractivity contribution is 6.08. The van der Waals surface area contributed by atoms with E-state index in [1.54, 1.807) is 0 Å². The molecule has 160 valence electrons. The number of carbonyl (C=O) groups excluding carboxylic acids is 1. The molecular formula is C28H32N2O. The van der Waals surface area contributed by atoms with Crippen molar-refractivity contribution in [1.82, 2.24) is 0 Å². The molecule has 0 bridgehead atoms. The topological polar surface area (TPSA) is 32.3 Å². The molecule has 3 heteroatoms. The van der Waals surface area contributed by atoms with E-state index in [2.05, 4.69) is 82.4 Å². The Labute approximate surface area is 186 Å². The Morgan fingerprint density at radius 1 is 0.903 bits per heavy atom. The monoisotopic (exact) mass is 412 g/mol. The molecular weight excluding hydrogens is 380 g/mol. The van der Waals surface area contributed by atoms with Gasteiger partial charge in [-0.25, -0.2) is 0 Å². The van der Waals surface area contributed by atoms with Gasteiger partial charge in [0.2, 0.25) is 0 Å². The second-order valence-corrected chi connectivity index (χ2v) is 10.1. The lowest BCUT2D eigenvalue weighted by Crippen LogP contribution is -2.52. The molecule has 4 rings (SSSR count). The summed E-state index contributed by atoms with van der Waals surface area (Å²) < 4.78 is 0. The molecule has 0 fully saturated rings. The van der Waals surface area contributed by atoms with E-state index in [9.17, 15) is 4.79 Å². The van der Waals surface area contributed by atoms with Gasteiger partial charge in [0, 0.05) is 22.5 Å². The van der Waals surface area contributed by atoms with Crippen molar-refractivity contribution < 1.29 is 4.79 Å². The number of hydrogen-bond acceptors (Lipinski definition) is 2. The number of amides is 1. The maximum absolute atomic E-state index is 13.7. The number of nitrogens with one attached hydrogen (secondary N) is 1. The summed E-state index contributed by atoms with van der Waals surface area (Å²) in [7, 11) is 0. The molecule has 1 aliphatic heterocycles. The fourth-order valence-corrected chi connectivity index (χ4v) is 4.50. The van der Waals surface area contributed by atoms with E-state index < -0.39 is 0 Å². The molecule has 3 aromatic carbocycles. The quantitative estimate of drug-likeness (QED) is 0.504. The van der Waals surface area contributed by atoms with Crippen molar-refractivity contribution in [1.29, 1.82) is 0 Å². The van der Waals surface area contributed by atoms with Gasteiger partial charge in [-0.1, -0.05) is 69.3 Å². The fraction of sp³-hybridized carbons (Fsp3) is 0.321. The largest absolute Gasteiger partial charge is 0.378 e. The third-order valence-electron chi connectivity index (χ3n) is 6.18. The second kappa shape index (κ2) is 7.88. The number of para-hydroxylation sites is 2. The van der Waals surface area contributed by atoms with Gasteiger partial charge < -0.3 is 10.2 Å². The van der Waals surface area contributed by atoms with Crippen LogP contribution in [0.1, 0.15) is 68.6 Å². The zero-order valence-corrected chi connectivity index (χ0v) is 19.1. The van der Waals surface area contributed by atoms with Crippen molar-refractivity contribution >= 4 is 17.3 Å². The van der Waals surface area contributed by atoms with Crippen LogP contribution in [0.2, 0.25) is 0 Å². The SMILES string of the molecule is CC(C)(C)c1ccc(C(=O)N2c3ccccc3C(Nc3ccccc3)CC2(C)C)cc1. The van der Waals surface area contributed by atoms with Crippen LogP contribution in [0.4, 0.5) is 11.4 Å². The number of benzene rings is 3. The lowest BCUT2D eigenvalue weighted by Gasteiger charge is -2.47. The smallest absolute Gasteiger partial charge is 0.258 e. The van der Waals surface area contributed by atoms with Gasteiger partial charge in [-0.15, -0.1) is 0 Å². The first kappa shape index (κ1) is 21.2. The highest BCUT2D eigenvalue weighted by Crippen LogP contribution is 2.44. The molecule has 3 aromatic rings. The summed E-state index contributed by atoms with van der Waals surface area (Å²) in [6, 6.07) is 26.8. The lowest BCUT2D eigenvalue weighted by molar-refractivity contribution is 0.0954. The number of nitrogens with zero attached hydrogens (tertiary/aromatic N) is 1. The summed E-state index contributed by atoms with van der Waals surface area (Å²) in [4.78, 5) is 15.7. The van der Waals surface area contributed by atoms with E-state index in [1.165, 1.54) is 5.56 Å². The molecule has 0 radical (unpaired) electrons. The molecule has 0 spiro atoms. The molecule has 3 nitrogen and oxygen atoms in total. The predicted molar refractivity (Wildman–Crippen MR) is 130 cm³/mol. The van der Waals surface area contributed by atoms with Crippen molar-refractivity contribution in [3.63, 3.8) is 0 Å². The third kappa shape index (κ3) is 4.23. The highest BCUT2D eigenvalue weighted by atomic mass is 16.2. The minimum absolute atomic E-state index is 0.0519. The zero-order chi connectivity index (χ0) is 22.2. The number of carbonyl (C=O) groups is 1. The molecule has 0 saturated heterocycles.